The third-order valence-corrected chi connectivity index (χ3v) is 4.40. The summed E-state index contributed by atoms with van der Waals surface area (Å²) in [6, 6.07) is 14.3. The van der Waals surface area contributed by atoms with Crippen LogP contribution in [0.15, 0.2) is 54.7 Å². The van der Waals surface area contributed by atoms with Crippen LogP contribution in [0.25, 0.3) is 10.9 Å². The number of nitrogens with zero attached hydrogens (tertiary/aromatic N) is 1. The fraction of sp³-hybridized carbons (Fsp3) is 0.238. The molecule has 1 unspecified atom stereocenters. The van der Waals surface area contributed by atoms with Crippen LogP contribution in [0.3, 0.4) is 0 Å². The van der Waals surface area contributed by atoms with E-state index >= 15 is 0 Å². The quantitative estimate of drug-likeness (QED) is 0.589. The van der Waals surface area contributed by atoms with Crippen molar-refractivity contribution in [1.82, 2.24) is 10.3 Å². The number of carbonyl (C=O) groups excluding carboxylic acids is 1. The lowest BCUT2D eigenvalue weighted by Gasteiger charge is -2.22. The number of amides is 1. The van der Waals surface area contributed by atoms with Gasteiger partial charge < -0.3 is 16.2 Å². The number of phenolic OH excluding ortho intramolecular Hbond substituents is 1. The van der Waals surface area contributed by atoms with Gasteiger partial charge in [0.25, 0.3) is 0 Å². The van der Waals surface area contributed by atoms with Gasteiger partial charge in [0.05, 0.1) is 6.04 Å². The Balaban J connectivity index is 2.05. The monoisotopic (exact) mass is 349 g/mol. The first kappa shape index (κ1) is 17.7. The third-order valence-electron chi connectivity index (χ3n) is 4.40. The van der Waals surface area contributed by atoms with Gasteiger partial charge in [-0.2, -0.15) is 0 Å². The minimum atomic E-state index is -0.491. The molecule has 0 aliphatic heterocycles. The van der Waals surface area contributed by atoms with Crippen molar-refractivity contribution in [3.63, 3.8) is 0 Å². The Morgan fingerprint density at radius 2 is 2.08 bits per heavy atom. The minimum Gasteiger partial charge on any atom is -0.505 e. The van der Waals surface area contributed by atoms with Crippen LogP contribution in [0.2, 0.25) is 0 Å². The number of carbonyl (C=O) groups is 1. The Morgan fingerprint density at radius 3 is 2.85 bits per heavy atom. The number of phenols is 1. The first-order chi connectivity index (χ1) is 12.6. The van der Waals surface area contributed by atoms with Gasteiger partial charge in [-0.15, -0.1) is 0 Å². The highest BCUT2D eigenvalue weighted by molar-refractivity contribution is 5.86. The van der Waals surface area contributed by atoms with E-state index in [9.17, 15) is 9.90 Å². The first-order valence-corrected chi connectivity index (χ1v) is 8.81. The summed E-state index contributed by atoms with van der Waals surface area (Å²) in [5, 5.41) is 14.7. The molecule has 4 N–H and O–H groups in total. The van der Waals surface area contributed by atoms with E-state index in [4.69, 9.17) is 5.73 Å². The van der Waals surface area contributed by atoms with E-state index < -0.39 is 6.04 Å². The molecule has 1 atom stereocenters. The average Bonchev–Trinajstić information content (AvgIpc) is 2.65. The zero-order valence-corrected chi connectivity index (χ0v) is 14.8. The van der Waals surface area contributed by atoms with Crippen molar-refractivity contribution < 1.29 is 9.90 Å². The lowest BCUT2D eigenvalue weighted by Crippen LogP contribution is -2.29. The smallest absolute Gasteiger partial charge is 0.220 e. The Bertz CT molecular complexity index is 924. The fourth-order valence-electron chi connectivity index (χ4n) is 3.03. The maximum atomic E-state index is 12.4. The largest absolute Gasteiger partial charge is 0.505 e. The number of hydrogen-bond acceptors (Lipinski definition) is 4. The number of aromatic nitrogens is 1. The number of hydrogen-bond donors (Lipinski definition) is 3. The molecule has 3 rings (SSSR count). The van der Waals surface area contributed by atoms with Crippen molar-refractivity contribution >= 4 is 22.5 Å². The SMILES string of the molecule is CCCCC(=O)NC(c1cccc(N)c1)c1ccc2cccnc2c1O. The number of nitrogens with one attached hydrogen (secondary N) is 1. The Morgan fingerprint density at radius 1 is 1.23 bits per heavy atom. The average molecular weight is 349 g/mol. The molecule has 0 bridgehead atoms. The molecule has 2 aromatic carbocycles. The van der Waals surface area contributed by atoms with Gasteiger partial charge in [-0.1, -0.05) is 43.7 Å². The van der Waals surface area contributed by atoms with E-state index in [0.29, 0.717) is 23.2 Å². The summed E-state index contributed by atoms with van der Waals surface area (Å²) in [6.07, 6.45) is 3.85. The number of nitrogen functional groups attached to an aromatic ring is 1. The number of pyridine rings is 1. The molecular weight excluding hydrogens is 326 g/mol. The normalized spacial score (nSPS) is 12.0. The van der Waals surface area contributed by atoms with Gasteiger partial charge in [-0.3, -0.25) is 9.78 Å². The summed E-state index contributed by atoms with van der Waals surface area (Å²) in [5.74, 6) is 0.0195. The summed E-state index contributed by atoms with van der Waals surface area (Å²) < 4.78 is 0. The van der Waals surface area contributed by atoms with E-state index in [1.165, 1.54) is 0 Å². The van der Waals surface area contributed by atoms with E-state index in [1.807, 2.05) is 49.4 Å². The molecule has 0 saturated carbocycles. The molecule has 5 nitrogen and oxygen atoms in total. The number of fused-ring (bicyclic) bond motifs is 1. The third kappa shape index (κ3) is 3.77. The zero-order chi connectivity index (χ0) is 18.5. The number of aromatic hydroxyl groups is 1. The second-order valence-corrected chi connectivity index (χ2v) is 6.35. The molecule has 0 spiro atoms. The van der Waals surface area contributed by atoms with Gasteiger partial charge in [0, 0.05) is 29.3 Å². The van der Waals surface area contributed by atoms with Crippen molar-refractivity contribution in [2.75, 3.05) is 5.73 Å². The molecule has 0 aliphatic rings. The lowest BCUT2D eigenvalue weighted by molar-refractivity contribution is -0.121. The van der Waals surface area contributed by atoms with Gasteiger partial charge in [-0.05, 0) is 30.2 Å². The molecule has 1 aromatic heterocycles. The van der Waals surface area contributed by atoms with Crippen molar-refractivity contribution in [1.29, 1.82) is 0 Å². The Hall–Kier alpha value is -3.08. The summed E-state index contributed by atoms with van der Waals surface area (Å²) in [6.45, 7) is 2.05. The van der Waals surface area contributed by atoms with Crippen molar-refractivity contribution in [2.24, 2.45) is 0 Å². The Kier molecular flexibility index (Phi) is 5.37. The number of rotatable bonds is 6. The fourth-order valence-corrected chi connectivity index (χ4v) is 3.03. The van der Waals surface area contributed by atoms with Crippen LogP contribution >= 0.6 is 0 Å². The number of benzene rings is 2. The van der Waals surface area contributed by atoms with Crippen LogP contribution in [0.1, 0.15) is 43.4 Å². The van der Waals surface area contributed by atoms with Crippen molar-refractivity contribution in [3.05, 3.63) is 65.9 Å². The topological polar surface area (TPSA) is 88.2 Å². The number of unbranched alkanes of at least 4 members (excludes halogenated alkanes) is 1. The molecule has 5 heteroatoms. The maximum absolute atomic E-state index is 12.4. The van der Waals surface area contributed by atoms with Gasteiger partial charge in [0.15, 0.2) is 0 Å². The molecule has 0 saturated heterocycles. The van der Waals surface area contributed by atoms with Crippen LogP contribution in [0.4, 0.5) is 5.69 Å². The molecule has 1 heterocycles. The van der Waals surface area contributed by atoms with Crippen molar-refractivity contribution in [2.45, 2.75) is 32.2 Å². The molecule has 1 amide bonds. The molecule has 0 radical (unpaired) electrons. The van der Waals surface area contributed by atoms with Gasteiger partial charge >= 0.3 is 0 Å². The summed E-state index contributed by atoms with van der Waals surface area (Å²) in [4.78, 5) is 16.7. The van der Waals surface area contributed by atoms with E-state index in [-0.39, 0.29) is 11.7 Å². The van der Waals surface area contributed by atoms with Crippen LogP contribution in [-0.2, 0) is 4.79 Å². The first-order valence-electron chi connectivity index (χ1n) is 8.81. The molecule has 26 heavy (non-hydrogen) atoms. The van der Waals surface area contributed by atoms with Crippen LogP contribution in [-0.4, -0.2) is 16.0 Å². The maximum Gasteiger partial charge on any atom is 0.220 e. The van der Waals surface area contributed by atoms with Crippen LogP contribution < -0.4 is 11.1 Å². The van der Waals surface area contributed by atoms with E-state index in [1.54, 1.807) is 12.3 Å². The van der Waals surface area contributed by atoms with Crippen LogP contribution in [0, 0.1) is 0 Å². The minimum absolute atomic E-state index is 0.0557. The second-order valence-electron chi connectivity index (χ2n) is 6.35. The Labute approximate surface area is 152 Å². The van der Waals surface area contributed by atoms with Crippen molar-refractivity contribution in [3.8, 4) is 5.75 Å². The molecule has 0 fully saturated rings. The zero-order valence-electron chi connectivity index (χ0n) is 14.8. The number of nitrogens with two attached hydrogens (primary N) is 1. The highest BCUT2D eigenvalue weighted by Gasteiger charge is 2.21. The van der Waals surface area contributed by atoms with Crippen LogP contribution in [0.5, 0.6) is 5.75 Å². The van der Waals surface area contributed by atoms with Gasteiger partial charge in [0.2, 0.25) is 5.91 Å². The number of anilines is 1. The standard InChI is InChI=1S/C21H23N3O2/c1-2-3-9-18(25)24-19(15-6-4-8-16(22)13-15)17-11-10-14-7-5-12-23-20(14)21(17)26/h4-8,10-13,19,26H,2-3,9,22H2,1H3,(H,24,25). The molecular formula is C21H23N3O2. The van der Waals surface area contributed by atoms with E-state index in [0.717, 1.165) is 23.8 Å². The summed E-state index contributed by atoms with van der Waals surface area (Å²) in [5.41, 5.74) is 8.47. The highest BCUT2D eigenvalue weighted by Crippen LogP contribution is 2.34. The van der Waals surface area contributed by atoms with Gasteiger partial charge in [-0.25, -0.2) is 0 Å². The predicted molar refractivity (Wildman–Crippen MR) is 104 cm³/mol. The molecule has 3 aromatic rings. The second kappa shape index (κ2) is 7.87. The molecule has 134 valence electrons. The lowest BCUT2D eigenvalue weighted by atomic mass is 9.95. The van der Waals surface area contributed by atoms with Gasteiger partial charge in [0.1, 0.15) is 11.3 Å². The predicted octanol–water partition coefficient (Wildman–Crippen LogP) is 3.92. The van der Waals surface area contributed by atoms with E-state index in [2.05, 4.69) is 10.3 Å². The highest BCUT2D eigenvalue weighted by atomic mass is 16.3. The summed E-state index contributed by atoms with van der Waals surface area (Å²) in [7, 11) is 0. The molecule has 0 aliphatic carbocycles. The summed E-state index contributed by atoms with van der Waals surface area (Å²) >= 11 is 0.